The zero-order valence-corrected chi connectivity index (χ0v) is 28.4. The fourth-order valence-electron chi connectivity index (χ4n) is 5.68. The molecule has 0 radical (unpaired) electrons. The van der Waals surface area contributed by atoms with Gasteiger partial charge in [0.15, 0.2) is 0 Å². The number of fused-ring (bicyclic) bond motifs is 1. The van der Waals surface area contributed by atoms with Crippen molar-refractivity contribution in [2.75, 3.05) is 0 Å². The maximum Gasteiger partial charge on any atom is 1.00 e. The quantitative estimate of drug-likeness (QED) is 0.0788. The molecule has 0 fully saturated rings. The average Bonchev–Trinajstić information content (AvgIpc) is 2.89. The molecule has 5 heteroatoms. The molecule has 0 aromatic heterocycles. The fourth-order valence-corrected chi connectivity index (χ4v) is 6.37. The number of hydrogen-bond donors (Lipinski definition) is 0. The Hall–Kier alpha value is -0.390. The molecule has 0 amide bonds. The van der Waals surface area contributed by atoms with E-state index in [1.165, 1.54) is 139 Å². The van der Waals surface area contributed by atoms with Crippen molar-refractivity contribution in [1.29, 1.82) is 0 Å². The SMILES string of the molecule is CCCCCCCCCCCCc1cc2cccc(S(=O)(=O)[O-])c2cc1CCCCCCCCCCCC.[Na+]. The van der Waals surface area contributed by atoms with Crippen molar-refractivity contribution in [3.05, 3.63) is 41.5 Å². The van der Waals surface area contributed by atoms with Crippen LogP contribution in [0.15, 0.2) is 35.2 Å². The molecule has 0 atom stereocenters. The molecule has 2 rings (SSSR count). The Kier molecular flexibility index (Phi) is 20.9. The molecule has 216 valence electrons. The number of rotatable bonds is 23. The maximum atomic E-state index is 11.9. The van der Waals surface area contributed by atoms with Crippen molar-refractivity contribution in [1.82, 2.24) is 0 Å². The van der Waals surface area contributed by atoms with E-state index in [2.05, 4.69) is 19.9 Å². The Bertz CT molecular complexity index is 1000. The molecule has 0 aliphatic heterocycles. The smallest absolute Gasteiger partial charge is 0.744 e. The van der Waals surface area contributed by atoms with E-state index in [4.69, 9.17) is 0 Å². The van der Waals surface area contributed by atoms with Gasteiger partial charge in [-0.05, 0) is 59.7 Å². The molecule has 0 saturated carbocycles. The minimum Gasteiger partial charge on any atom is -0.744 e. The summed E-state index contributed by atoms with van der Waals surface area (Å²) in [4.78, 5) is -0.0789. The zero-order chi connectivity index (χ0) is 27.5. The first-order valence-electron chi connectivity index (χ1n) is 16.0. The van der Waals surface area contributed by atoms with Crippen LogP contribution in [0, 0.1) is 0 Å². The molecular formula is C34H55NaO3S. The Morgan fingerprint density at radius 2 is 0.949 bits per heavy atom. The van der Waals surface area contributed by atoms with E-state index in [0.717, 1.165) is 24.6 Å². The van der Waals surface area contributed by atoms with Crippen LogP contribution in [-0.2, 0) is 23.0 Å². The summed E-state index contributed by atoms with van der Waals surface area (Å²) in [5.41, 5.74) is 2.58. The van der Waals surface area contributed by atoms with Crippen LogP contribution in [0.5, 0.6) is 0 Å². The predicted octanol–water partition coefficient (Wildman–Crippen LogP) is 7.67. The Morgan fingerprint density at radius 1 is 0.564 bits per heavy atom. The van der Waals surface area contributed by atoms with E-state index in [1.807, 2.05) is 12.1 Å². The molecule has 3 nitrogen and oxygen atoms in total. The first-order valence-corrected chi connectivity index (χ1v) is 17.4. The minimum absolute atomic E-state index is 0. The van der Waals surface area contributed by atoms with Crippen LogP contribution < -0.4 is 29.6 Å². The molecule has 0 unspecified atom stereocenters. The maximum absolute atomic E-state index is 11.9. The van der Waals surface area contributed by atoms with E-state index in [9.17, 15) is 13.0 Å². The largest absolute Gasteiger partial charge is 1.00 e. The third-order valence-corrected chi connectivity index (χ3v) is 8.92. The van der Waals surface area contributed by atoms with Gasteiger partial charge in [0.25, 0.3) is 0 Å². The summed E-state index contributed by atoms with van der Waals surface area (Å²) in [5.74, 6) is 0. The van der Waals surface area contributed by atoms with Crippen molar-refractivity contribution in [3.8, 4) is 0 Å². The van der Waals surface area contributed by atoms with Gasteiger partial charge >= 0.3 is 29.6 Å². The third kappa shape index (κ3) is 15.4. The van der Waals surface area contributed by atoms with Crippen LogP contribution in [0.3, 0.4) is 0 Å². The molecule has 2 aromatic rings. The van der Waals surface area contributed by atoms with Gasteiger partial charge in [-0.25, -0.2) is 8.42 Å². The molecule has 0 aliphatic rings. The van der Waals surface area contributed by atoms with E-state index in [-0.39, 0.29) is 34.5 Å². The summed E-state index contributed by atoms with van der Waals surface area (Å²) in [6, 6.07) is 9.26. The van der Waals surface area contributed by atoms with Crippen LogP contribution in [-0.4, -0.2) is 13.0 Å². The van der Waals surface area contributed by atoms with Crippen LogP contribution >= 0.6 is 0 Å². The molecule has 0 bridgehead atoms. The summed E-state index contributed by atoms with van der Waals surface area (Å²) in [6.07, 6.45) is 28.3. The van der Waals surface area contributed by atoms with Crippen LogP contribution in [0.25, 0.3) is 10.8 Å². The normalized spacial score (nSPS) is 11.7. The van der Waals surface area contributed by atoms with Gasteiger partial charge in [0.2, 0.25) is 0 Å². The molecule has 0 N–H and O–H groups in total. The zero-order valence-electron chi connectivity index (χ0n) is 25.6. The topological polar surface area (TPSA) is 57.2 Å². The molecule has 0 spiro atoms. The van der Waals surface area contributed by atoms with Crippen molar-refractivity contribution in [3.63, 3.8) is 0 Å². The molecule has 2 aromatic carbocycles. The third-order valence-electron chi connectivity index (χ3n) is 8.03. The molecule has 39 heavy (non-hydrogen) atoms. The molecular weight excluding hydrogens is 511 g/mol. The Morgan fingerprint density at radius 3 is 1.36 bits per heavy atom. The summed E-state index contributed by atoms with van der Waals surface area (Å²) in [5, 5.41) is 1.47. The molecule has 0 saturated heterocycles. The van der Waals surface area contributed by atoms with Gasteiger partial charge in [0.1, 0.15) is 10.1 Å². The fraction of sp³-hybridized carbons (Fsp3) is 0.706. The van der Waals surface area contributed by atoms with E-state index >= 15 is 0 Å². The minimum atomic E-state index is -4.49. The van der Waals surface area contributed by atoms with Crippen molar-refractivity contribution >= 4 is 20.9 Å². The van der Waals surface area contributed by atoms with Crippen molar-refractivity contribution in [2.24, 2.45) is 0 Å². The summed E-state index contributed by atoms with van der Waals surface area (Å²) < 4.78 is 35.7. The van der Waals surface area contributed by atoms with Crippen molar-refractivity contribution in [2.45, 2.75) is 160 Å². The first kappa shape index (κ1) is 36.6. The van der Waals surface area contributed by atoms with Gasteiger partial charge in [-0.15, -0.1) is 0 Å². The second kappa shape index (κ2) is 22.2. The van der Waals surface area contributed by atoms with Gasteiger partial charge in [-0.1, -0.05) is 148 Å². The van der Waals surface area contributed by atoms with E-state index < -0.39 is 10.1 Å². The van der Waals surface area contributed by atoms with Crippen LogP contribution in [0.2, 0.25) is 0 Å². The van der Waals surface area contributed by atoms with Gasteiger partial charge < -0.3 is 4.55 Å². The Labute approximate surface area is 263 Å². The Balaban J connectivity index is 0.00000760. The standard InChI is InChI=1S/C34H56O3S.Na/c1-3-5-7-9-11-13-15-17-19-21-24-30-28-32-26-23-27-34(38(35,36)37)33(32)29-31(30)25-22-20-18-16-14-12-10-8-6-4-2;/h23,26-29H,3-22,24-25H2,1-2H3,(H,35,36,37);/q;+1/p-1. The van der Waals surface area contributed by atoms with Gasteiger partial charge in [0, 0.05) is 0 Å². The first-order chi connectivity index (χ1) is 18.5. The van der Waals surface area contributed by atoms with Gasteiger partial charge in [-0.2, -0.15) is 0 Å². The van der Waals surface area contributed by atoms with Crippen molar-refractivity contribution < 1.29 is 42.5 Å². The summed E-state index contributed by atoms with van der Waals surface area (Å²) in [6.45, 7) is 4.53. The number of aryl methyl sites for hydroxylation is 2. The predicted molar refractivity (Wildman–Crippen MR) is 163 cm³/mol. The number of unbranched alkanes of at least 4 members (excludes halogenated alkanes) is 18. The number of hydrogen-bond acceptors (Lipinski definition) is 3. The number of benzene rings is 2. The van der Waals surface area contributed by atoms with Crippen LogP contribution in [0.1, 0.15) is 153 Å². The summed E-state index contributed by atoms with van der Waals surface area (Å²) in [7, 11) is -4.49. The summed E-state index contributed by atoms with van der Waals surface area (Å²) >= 11 is 0. The molecule has 0 heterocycles. The second-order valence-corrected chi connectivity index (χ2v) is 12.8. The van der Waals surface area contributed by atoms with E-state index in [1.54, 1.807) is 6.07 Å². The second-order valence-electron chi connectivity index (χ2n) is 11.4. The monoisotopic (exact) mass is 566 g/mol. The van der Waals surface area contributed by atoms with Gasteiger partial charge in [0.05, 0.1) is 4.90 Å². The van der Waals surface area contributed by atoms with Gasteiger partial charge in [-0.3, -0.25) is 0 Å². The molecule has 0 aliphatic carbocycles. The average molecular weight is 567 g/mol. The van der Waals surface area contributed by atoms with Crippen LogP contribution in [0.4, 0.5) is 0 Å². The van der Waals surface area contributed by atoms with E-state index in [0.29, 0.717) is 5.39 Å².